The second-order valence-electron chi connectivity index (χ2n) is 6.23. The number of hydrogen-bond acceptors (Lipinski definition) is 3. The molecule has 0 fully saturated rings. The molecule has 25 heavy (non-hydrogen) atoms. The highest BCUT2D eigenvalue weighted by Gasteiger charge is 2.38. The molecule has 2 aliphatic rings. The molecule has 0 aromatic heterocycles. The van der Waals surface area contributed by atoms with E-state index in [0.717, 1.165) is 27.9 Å². The Hall–Kier alpha value is -2.66. The van der Waals surface area contributed by atoms with E-state index in [0.29, 0.717) is 15.5 Å². The Bertz CT molecular complexity index is 987. The normalized spacial score (nSPS) is 19.5. The number of benzene rings is 2. The van der Waals surface area contributed by atoms with Crippen molar-refractivity contribution in [2.24, 2.45) is 4.99 Å². The first-order valence-electron chi connectivity index (χ1n) is 7.97. The molecule has 0 saturated heterocycles. The van der Waals surface area contributed by atoms with Gasteiger partial charge in [0.05, 0.1) is 16.2 Å². The molecule has 0 radical (unpaired) electrons. The van der Waals surface area contributed by atoms with Crippen LogP contribution in [0.4, 0.5) is 5.69 Å². The first kappa shape index (κ1) is 15.8. The zero-order valence-electron chi connectivity index (χ0n) is 14.2. The van der Waals surface area contributed by atoms with Gasteiger partial charge in [-0.3, -0.25) is 9.59 Å². The molecule has 2 aliphatic heterocycles. The third-order valence-corrected chi connectivity index (χ3v) is 5.59. The minimum absolute atomic E-state index is 0.152. The number of aliphatic imine (C=N–C) groups is 1. The van der Waals surface area contributed by atoms with Crippen molar-refractivity contribution in [3.05, 3.63) is 69.6 Å². The number of amides is 2. The third kappa shape index (κ3) is 2.43. The molecule has 2 aromatic rings. The Kier molecular flexibility index (Phi) is 3.62. The smallest absolute Gasteiger partial charge is 0.285 e. The molecule has 0 unspecified atom stereocenters. The monoisotopic (exact) mass is 348 g/mol. The van der Waals surface area contributed by atoms with Crippen molar-refractivity contribution in [2.45, 2.75) is 13.8 Å². The minimum atomic E-state index is -0.341. The fraction of sp³-hybridized carbons (Fsp3) is 0.150. The summed E-state index contributed by atoms with van der Waals surface area (Å²) in [6.07, 6.45) is 0. The second-order valence-corrected chi connectivity index (χ2v) is 7.23. The molecule has 4 nitrogen and oxygen atoms in total. The minimum Gasteiger partial charge on any atom is -0.310 e. The highest BCUT2D eigenvalue weighted by molar-refractivity contribution is 8.19. The van der Waals surface area contributed by atoms with Gasteiger partial charge < -0.3 is 4.90 Å². The summed E-state index contributed by atoms with van der Waals surface area (Å²) >= 11 is 1.28. The van der Waals surface area contributed by atoms with Crippen molar-refractivity contribution >= 4 is 39.9 Å². The number of thioether (sulfide) groups is 1. The first-order valence-corrected chi connectivity index (χ1v) is 8.79. The highest BCUT2D eigenvalue weighted by Crippen LogP contribution is 2.44. The van der Waals surface area contributed by atoms with Gasteiger partial charge in [-0.2, -0.15) is 0 Å². The average molecular weight is 348 g/mol. The van der Waals surface area contributed by atoms with Gasteiger partial charge in [0.1, 0.15) is 5.04 Å². The van der Waals surface area contributed by atoms with Crippen LogP contribution in [-0.4, -0.2) is 23.9 Å². The lowest BCUT2D eigenvalue weighted by atomic mass is 10.0. The summed E-state index contributed by atoms with van der Waals surface area (Å²) < 4.78 is 0. The molecule has 0 spiro atoms. The van der Waals surface area contributed by atoms with Crippen molar-refractivity contribution in [3.63, 3.8) is 0 Å². The van der Waals surface area contributed by atoms with Crippen LogP contribution in [0.25, 0.3) is 5.57 Å². The van der Waals surface area contributed by atoms with E-state index in [2.05, 4.69) is 4.99 Å². The van der Waals surface area contributed by atoms with Crippen molar-refractivity contribution < 1.29 is 9.59 Å². The number of anilines is 1. The number of para-hydroxylation sites is 1. The maximum Gasteiger partial charge on any atom is 0.285 e. The van der Waals surface area contributed by atoms with Gasteiger partial charge in [-0.25, -0.2) is 4.99 Å². The molecule has 2 aromatic carbocycles. The lowest BCUT2D eigenvalue weighted by molar-refractivity contribution is -0.115. The number of hydrogen-bond donors (Lipinski definition) is 0. The molecule has 124 valence electrons. The van der Waals surface area contributed by atoms with Gasteiger partial charge in [-0.05, 0) is 19.4 Å². The molecule has 0 bridgehead atoms. The Morgan fingerprint density at radius 3 is 2.44 bits per heavy atom. The summed E-state index contributed by atoms with van der Waals surface area (Å²) in [5.41, 5.74) is 5.19. The van der Waals surface area contributed by atoms with Crippen molar-refractivity contribution in [1.29, 1.82) is 0 Å². The van der Waals surface area contributed by atoms with Gasteiger partial charge in [0, 0.05) is 18.2 Å². The van der Waals surface area contributed by atoms with Crippen molar-refractivity contribution in [1.82, 2.24) is 0 Å². The van der Waals surface area contributed by atoms with E-state index in [9.17, 15) is 9.59 Å². The number of likely N-dealkylation sites (N-methyl/N-ethyl adjacent to an activating group) is 1. The van der Waals surface area contributed by atoms with E-state index in [1.54, 1.807) is 11.9 Å². The van der Waals surface area contributed by atoms with Crippen LogP contribution >= 0.6 is 11.8 Å². The number of nitrogens with zero attached hydrogens (tertiary/aromatic N) is 2. The summed E-state index contributed by atoms with van der Waals surface area (Å²) in [6, 6.07) is 13.6. The molecule has 0 saturated carbocycles. The first-order chi connectivity index (χ1) is 12.0. The van der Waals surface area contributed by atoms with Crippen LogP contribution in [0.5, 0.6) is 0 Å². The largest absolute Gasteiger partial charge is 0.310 e. The quantitative estimate of drug-likeness (QED) is 0.738. The average Bonchev–Trinajstić information content (AvgIpc) is 3.08. The Morgan fingerprint density at radius 2 is 1.72 bits per heavy atom. The SMILES string of the molecule is Cc1ccc(C2=NC(=O)/C(=C3/C(=O)N(C)c4c(C)cccc43)S2)cc1. The highest BCUT2D eigenvalue weighted by atomic mass is 32.2. The maximum atomic E-state index is 12.8. The van der Waals surface area contributed by atoms with E-state index in [4.69, 9.17) is 0 Å². The zero-order chi connectivity index (χ0) is 17.7. The predicted molar refractivity (Wildman–Crippen MR) is 102 cm³/mol. The van der Waals surface area contributed by atoms with E-state index in [-0.39, 0.29) is 11.8 Å². The standard InChI is InChI=1S/C20H16N2O2S/c1-11-7-9-13(10-8-11)19-21-18(23)17(25-19)15-14-6-4-5-12(2)16(14)22(3)20(15)24/h4-10H,1-3H3/b17-15-. The number of carbonyl (C=O) groups excluding carboxylic acids is 2. The number of fused-ring (bicyclic) bond motifs is 1. The topological polar surface area (TPSA) is 49.7 Å². The Balaban J connectivity index is 1.81. The summed E-state index contributed by atoms with van der Waals surface area (Å²) in [5, 5.41) is 0.643. The molecule has 2 heterocycles. The van der Waals surface area contributed by atoms with Gasteiger partial charge in [-0.1, -0.05) is 59.8 Å². The summed E-state index contributed by atoms with van der Waals surface area (Å²) in [4.78, 5) is 31.5. The molecule has 5 heteroatoms. The fourth-order valence-corrected chi connectivity index (χ4v) is 4.20. The molecular formula is C20H16N2O2S. The summed E-state index contributed by atoms with van der Waals surface area (Å²) in [7, 11) is 1.74. The lowest BCUT2D eigenvalue weighted by Gasteiger charge is -2.11. The zero-order valence-corrected chi connectivity index (χ0v) is 15.0. The molecule has 2 amide bonds. The fourth-order valence-electron chi connectivity index (χ4n) is 3.19. The molecular weight excluding hydrogens is 332 g/mol. The van der Waals surface area contributed by atoms with Gasteiger partial charge in [0.15, 0.2) is 0 Å². The Morgan fingerprint density at radius 1 is 1.00 bits per heavy atom. The van der Waals surface area contributed by atoms with Crippen LogP contribution in [0.2, 0.25) is 0 Å². The summed E-state index contributed by atoms with van der Waals surface area (Å²) in [5.74, 6) is -0.493. The predicted octanol–water partition coefficient (Wildman–Crippen LogP) is 3.71. The van der Waals surface area contributed by atoms with Gasteiger partial charge in [0.2, 0.25) is 0 Å². The molecule has 0 aliphatic carbocycles. The van der Waals surface area contributed by atoms with Crippen LogP contribution in [0.3, 0.4) is 0 Å². The lowest BCUT2D eigenvalue weighted by Crippen LogP contribution is -2.21. The van der Waals surface area contributed by atoms with E-state index in [1.807, 2.05) is 56.3 Å². The summed E-state index contributed by atoms with van der Waals surface area (Å²) in [6.45, 7) is 3.98. The van der Waals surface area contributed by atoms with Crippen LogP contribution < -0.4 is 4.90 Å². The van der Waals surface area contributed by atoms with Crippen LogP contribution in [0.15, 0.2) is 52.4 Å². The van der Waals surface area contributed by atoms with Crippen LogP contribution in [-0.2, 0) is 9.59 Å². The second kappa shape index (κ2) is 5.70. The van der Waals surface area contributed by atoms with Crippen molar-refractivity contribution in [2.75, 3.05) is 11.9 Å². The van der Waals surface area contributed by atoms with Crippen LogP contribution in [0, 0.1) is 13.8 Å². The van der Waals surface area contributed by atoms with Gasteiger partial charge in [0.25, 0.3) is 11.8 Å². The van der Waals surface area contributed by atoms with Gasteiger partial charge in [-0.15, -0.1) is 0 Å². The third-order valence-electron chi connectivity index (χ3n) is 4.48. The number of carbonyl (C=O) groups is 2. The van der Waals surface area contributed by atoms with E-state index in [1.165, 1.54) is 11.8 Å². The number of rotatable bonds is 1. The molecule has 0 N–H and O–H groups in total. The van der Waals surface area contributed by atoms with E-state index >= 15 is 0 Å². The van der Waals surface area contributed by atoms with Gasteiger partial charge >= 0.3 is 0 Å². The maximum absolute atomic E-state index is 12.8. The van der Waals surface area contributed by atoms with Crippen molar-refractivity contribution in [3.8, 4) is 0 Å². The number of aryl methyl sites for hydroxylation is 2. The molecule has 4 rings (SSSR count). The molecule has 0 atom stereocenters. The van der Waals surface area contributed by atoms with Crippen LogP contribution in [0.1, 0.15) is 22.3 Å². The Labute approximate surface area is 150 Å². The van der Waals surface area contributed by atoms with E-state index < -0.39 is 0 Å².